The third-order valence-electron chi connectivity index (χ3n) is 5.21. The average Bonchev–Trinajstić information content (AvgIpc) is 3.08. The van der Waals surface area contributed by atoms with E-state index in [4.69, 9.17) is 0 Å². The quantitative estimate of drug-likeness (QED) is 0.667. The first-order valence-corrected chi connectivity index (χ1v) is 8.10. The summed E-state index contributed by atoms with van der Waals surface area (Å²) in [5, 5.41) is 24.8. The Kier molecular flexibility index (Phi) is 4.52. The molecule has 0 aromatic heterocycles. The van der Waals surface area contributed by atoms with E-state index in [9.17, 15) is 15.0 Å². The number of nitrogens with one attached hydrogen (secondary N) is 2. The predicted octanol–water partition coefficient (Wildman–Crippen LogP) is 1.64. The van der Waals surface area contributed by atoms with Crippen LogP contribution in [0, 0.1) is 17.8 Å². The van der Waals surface area contributed by atoms with Gasteiger partial charge in [0.1, 0.15) is 5.75 Å². The van der Waals surface area contributed by atoms with Crippen LogP contribution in [-0.2, 0) is 6.42 Å². The van der Waals surface area contributed by atoms with Crippen molar-refractivity contribution in [1.82, 2.24) is 10.6 Å². The molecule has 2 aliphatic carbocycles. The van der Waals surface area contributed by atoms with E-state index in [0.717, 1.165) is 18.4 Å². The Morgan fingerprint density at radius 1 is 1.27 bits per heavy atom. The summed E-state index contributed by atoms with van der Waals surface area (Å²) >= 11 is 0. The highest BCUT2D eigenvalue weighted by Crippen LogP contribution is 2.48. The third-order valence-corrected chi connectivity index (χ3v) is 5.21. The molecular weight excluding hydrogens is 280 g/mol. The zero-order chi connectivity index (χ0) is 15.5. The summed E-state index contributed by atoms with van der Waals surface area (Å²) in [6.07, 6.45) is 4.17. The second kappa shape index (κ2) is 6.57. The molecule has 1 aromatic rings. The maximum atomic E-state index is 12.0. The van der Waals surface area contributed by atoms with E-state index in [-0.39, 0.29) is 30.3 Å². The van der Waals surface area contributed by atoms with Gasteiger partial charge in [0.15, 0.2) is 0 Å². The summed E-state index contributed by atoms with van der Waals surface area (Å²) in [6.45, 7) is 0.690. The number of carbonyl (C=O) groups is 1. The van der Waals surface area contributed by atoms with Crippen LogP contribution in [0.25, 0.3) is 0 Å². The lowest BCUT2D eigenvalue weighted by molar-refractivity contribution is 0.144. The molecule has 1 aromatic carbocycles. The van der Waals surface area contributed by atoms with Crippen LogP contribution in [0.4, 0.5) is 4.79 Å². The van der Waals surface area contributed by atoms with Crippen molar-refractivity contribution in [2.45, 2.75) is 31.7 Å². The number of amides is 2. The summed E-state index contributed by atoms with van der Waals surface area (Å²) in [4.78, 5) is 12.0. The van der Waals surface area contributed by atoms with Crippen molar-refractivity contribution in [3.05, 3.63) is 29.8 Å². The van der Waals surface area contributed by atoms with Crippen molar-refractivity contribution in [3.63, 3.8) is 0 Å². The number of benzene rings is 1. The number of aromatic hydroxyl groups is 1. The lowest BCUT2D eigenvalue weighted by atomic mass is 9.85. The maximum Gasteiger partial charge on any atom is 0.315 e. The molecule has 4 atom stereocenters. The van der Waals surface area contributed by atoms with Crippen LogP contribution in [-0.4, -0.2) is 35.4 Å². The molecule has 5 heteroatoms. The summed E-state index contributed by atoms with van der Waals surface area (Å²) in [6, 6.07) is 7.02. The fourth-order valence-corrected chi connectivity index (χ4v) is 4.13. The van der Waals surface area contributed by atoms with E-state index >= 15 is 0 Å². The van der Waals surface area contributed by atoms with Gasteiger partial charge in [-0.15, -0.1) is 0 Å². The zero-order valence-electron chi connectivity index (χ0n) is 12.7. The number of hydrogen-bond acceptors (Lipinski definition) is 3. The van der Waals surface area contributed by atoms with Gasteiger partial charge in [-0.3, -0.25) is 0 Å². The molecule has 0 saturated heterocycles. The Bertz CT molecular complexity index is 534. The van der Waals surface area contributed by atoms with Gasteiger partial charge in [0.05, 0.1) is 0 Å². The lowest BCUT2D eigenvalue weighted by Crippen LogP contribution is -2.49. The van der Waals surface area contributed by atoms with Gasteiger partial charge in [-0.2, -0.15) is 0 Å². The summed E-state index contributed by atoms with van der Waals surface area (Å²) in [5.74, 6) is 1.57. The Labute approximate surface area is 130 Å². The van der Waals surface area contributed by atoms with Crippen molar-refractivity contribution in [2.24, 2.45) is 17.8 Å². The number of urea groups is 1. The smallest absolute Gasteiger partial charge is 0.315 e. The molecule has 5 nitrogen and oxygen atoms in total. The van der Waals surface area contributed by atoms with E-state index in [1.54, 1.807) is 18.2 Å². The molecular formula is C17H24N2O3. The van der Waals surface area contributed by atoms with Gasteiger partial charge in [-0.05, 0) is 55.2 Å². The predicted molar refractivity (Wildman–Crippen MR) is 83.5 cm³/mol. The van der Waals surface area contributed by atoms with Crippen LogP contribution in [0.15, 0.2) is 24.3 Å². The minimum Gasteiger partial charge on any atom is -0.508 e. The van der Waals surface area contributed by atoms with Gasteiger partial charge < -0.3 is 20.8 Å². The normalized spacial score (nSPS) is 29.5. The van der Waals surface area contributed by atoms with Gasteiger partial charge in [0.25, 0.3) is 0 Å². The molecule has 2 amide bonds. The molecule has 2 fully saturated rings. The standard InChI is InChI=1S/C17H24N2O3/c20-10-15-12-4-5-13(9-12)16(15)19-17(22)18-7-6-11-2-1-3-14(21)8-11/h1-3,8,12-13,15-16,20-21H,4-7,9-10H2,(H2,18,19,22). The van der Waals surface area contributed by atoms with E-state index in [1.165, 1.54) is 6.42 Å². The number of rotatable bonds is 5. The second-order valence-electron chi connectivity index (χ2n) is 6.53. The van der Waals surface area contributed by atoms with Crippen LogP contribution < -0.4 is 10.6 Å². The van der Waals surface area contributed by atoms with Gasteiger partial charge in [-0.1, -0.05) is 12.1 Å². The van der Waals surface area contributed by atoms with Gasteiger partial charge in [0, 0.05) is 25.1 Å². The number of phenolic OH excluding ortho intramolecular Hbond substituents is 1. The topological polar surface area (TPSA) is 81.6 Å². The van der Waals surface area contributed by atoms with E-state index in [0.29, 0.717) is 24.8 Å². The second-order valence-corrected chi connectivity index (χ2v) is 6.53. The Balaban J connectivity index is 1.45. The Morgan fingerprint density at radius 3 is 2.86 bits per heavy atom. The first-order chi connectivity index (χ1) is 10.7. The molecule has 3 rings (SSSR count). The minimum atomic E-state index is -0.156. The fourth-order valence-electron chi connectivity index (χ4n) is 4.13. The van der Waals surface area contributed by atoms with Crippen molar-refractivity contribution in [3.8, 4) is 5.75 Å². The maximum absolute atomic E-state index is 12.0. The van der Waals surface area contributed by atoms with Crippen molar-refractivity contribution in [2.75, 3.05) is 13.2 Å². The average molecular weight is 304 g/mol. The molecule has 4 N–H and O–H groups in total. The molecule has 2 aliphatic rings. The number of fused-ring (bicyclic) bond motifs is 2. The molecule has 22 heavy (non-hydrogen) atoms. The molecule has 2 bridgehead atoms. The van der Waals surface area contributed by atoms with Crippen LogP contribution in [0.3, 0.4) is 0 Å². The van der Waals surface area contributed by atoms with Crippen LogP contribution >= 0.6 is 0 Å². The largest absolute Gasteiger partial charge is 0.508 e. The van der Waals surface area contributed by atoms with Crippen LogP contribution in [0.1, 0.15) is 24.8 Å². The van der Waals surface area contributed by atoms with E-state index in [2.05, 4.69) is 10.6 Å². The highest BCUT2D eigenvalue weighted by molar-refractivity contribution is 5.74. The molecule has 0 spiro atoms. The van der Waals surface area contributed by atoms with Gasteiger partial charge >= 0.3 is 6.03 Å². The molecule has 0 aliphatic heterocycles. The zero-order valence-corrected chi connectivity index (χ0v) is 12.7. The number of aliphatic hydroxyl groups excluding tert-OH is 1. The SMILES string of the molecule is O=C(NCCc1cccc(O)c1)NC1C2CCC(C2)C1CO. The Morgan fingerprint density at radius 2 is 2.09 bits per heavy atom. The van der Waals surface area contributed by atoms with Gasteiger partial charge in [0.2, 0.25) is 0 Å². The minimum absolute atomic E-state index is 0.115. The van der Waals surface area contributed by atoms with Crippen molar-refractivity contribution < 1.29 is 15.0 Å². The summed E-state index contributed by atoms with van der Waals surface area (Å²) in [5.41, 5.74) is 0.994. The third kappa shape index (κ3) is 3.19. The first kappa shape index (κ1) is 15.2. The molecule has 0 radical (unpaired) electrons. The monoisotopic (exact) mass is 304 g/mol. The van der Waals surface area contributed by atoms with Crippen LogP contribution in [0.5, 0.6) is 5.75 Å². The lowest BCUT2D eigenvalue weighted by Gasteiger charge is -2.30. The Hall–Kier alpha value is -1.75. The van der Waals surface area contributed by atoms with E-state index in [1.807, 2.05) is 6.07 Å². The number of carbonyl (C=O) groups excluding carboxylic acids is 1. The van der Waals surface area contributed by atoms with E-state index < -0.39 is 0 Å². The summed E-state index contributed by atoms with van der Waals surface area (Å²) in [7, 11) is 0. The van der Waals surface area contributed by atoms with Crippen molar-refractivity contribution >= 4 is 6.03 Å². The van der Waals surface area contributed by atoms with Crippen LogP contribution in [0.2, 0.25) is 0 Å². The first-order valence-electron chi connectivity index (χ1n) is 8.10. The van der Waals surface area contributed by atoms with Gasteiger partial charge in [-0.25, -0.2) is 4.79 Å². The number of phenols is 1. The molecule has 4 unspecified atom stereocenters. The highest BCUT2D eigenvalue weighted by atomic mass is 16.3. The number of aliphatic hydroxyl groups is 1. The fraction of sp³-hybridized carbons (Fsp3) is 0.588. The summed E-state index contributed by atoms with van der Waals surface area (Å²) < 4.78 is 0. The highest BCUT2D eigenvalue weighted by Gasteiger charge is 2.47. The number of hydrogen-bond donors (Lipinski definition) is 4. The molecule has 0 heterocycles. The molecule has 120 valence electrons. The molecule has 2 saturated carbocycles. The van der Waals surface area contributed by atoms with Crippen molar-refractivity contribution in [1.29, 1.82) is 0 Å².